The molecule has 4 aromatic rings. The number of para-hydroxylation sites is 1. The molecular formula is C39H49N5O6S. The zero-order valence-corrected chi connectivity index (χ0v) is 30.7. The number of benzene rings is 3. The molecule has 0 aliphatic rings. The number of anilines is 1. The molecule has 4 rings (SSSR count). The van der Waals surface area contributed by atoms with Gasteiger partial charge in [0, 0.05) is 18.4 Å². The van der Waals surface area contributed by atoms with E-state index >= 15 is 0 Å². The number of nitrogens with one attached hydrogen (secondary N) is 1. The van der Waals surface area contributed by atoms with Gasteiger partial charge in [-0.15, -0.1) is 0 Å². The molecule has 51 heavy (non-hydrogen) atoms. The standard InChI is InChI=1S/C39H49N5O6S/c1-4-5-6-7-8-9-10-11-12-13-14-18-28-50-36(46)31-20-19-21-32(29-31)40-37(47)39(49-3,35(45)30-24-26-34(48-2)27-25-30)44-38(51)43(41-42-44)33-22-16-15-17-23-33/h15-17,19-27,29H,4-14,18,28H2,1-3H3,(H,40,47). The highest BCUT2D eigenvalue weighted by Gasteiger charge is 2.51. The van der Waals surface area contributed by atoms with E-state index in [4.69, 9.17) is 26.4 Å². The number of carbonyl (C=O) groups is 3. The Morgan fingerprint density at radius 2 is 1.37 bits per heavy atom. The Bertz CT molecular complexity index is 1760. The van der Waals surface area contributed by atoms with Crippen molar-refractivity contribution in [2.24, 2.45) is 0 Å². The number of esters is 1. The summed E-state index contributed by atoms with van der Waals surface area (Å²) in [7, 11) is 2.72. The van der Waals surface area contributed by atoms with E-state index in [1.165, 1.54) is 94.9 Å². The topological polar surface area (TPSA) is 127 Å². The Balaban J connectivity index is 1.42. The zero-order chi connectivity index (χ0) is 36.5. The molecule has 0 saturated heterocycles. The van der Waals surface area contributed by atoms with Crippen LogP contribution in [-0.2, 0) is 20.0 Å². The number of nitrogens with zero attached hydrogens (tertiary/aromatic N) is 4. The Kier molecular flexibility index (Phi) is 15.5. The summed E-state index contributed by atoms with van der Waals surface area (Å²) in [5.74, 6) is -1.63. The van der Waals surface area contributed by atoms with Crippen molar-refractivity contribution in [3.8, 4) is 11.4 Å². The number of aromatic nitrogens is 4. The lowest BCUT2D eigenvalue weighted by Crippen LogP contribution is -2.54. The average Bonchev–Trinajstić information content (AvgIpc) is 3.55. The van der Waals surface area contributed by atoms with E-state index < -0.39 is 23.4 Å². The van der Waals surface area contributed by atoms with Gasteiger partial charge in [-0.3, -0.25) is 9.59 Å². The van der Waals surface area contributed by atoms with Gasteiger partial charge in [0.25, 0.3) is 5.91 Å². The van der Waals surface area contributed by atoms with Crippen LogP contribution in [-0.4, -0.2) is 58.3 Å². The first kappa shape index (κ1) is 39.1. The number of carbonyl (C=O) groups excluding carboxylic acids is 3. The first-order chi connectivity index (χ1) is 24.8. The fourth-order valence-electron chi connectivity index (χ4n) is 5.81. The predicted octanol–water partition coefficient (Wildman–Crippen LogP) is 8.49. The Morgan fingerprint density at radius 3 is 1.98 bits per heavy atom. The molecule has 0 fully saturated rings. The molecule has 1 aromatic heterocycles. The number of ketones is 1. The maximum Gasteiger partial charge on any atom is 0.338 e. The van der Waals surface area contributed by atoms with Crippen LogP contribution in [0.4, 0.5) is 5.69 Å². The van der Waals surface area contributed by atoms with Crippen molar-refractivity contribution >= 4 is 35.6 Å². The van der Waals surface area contributed by atoms with Crippen LogP contribution in [0.2, 0.25) is 0 Å². The molecule has 1 unspecified atom stereocenters. The van der Waals surface area contributed by atoms with Gasteiger partial charge in [0.05, 0.1) is 25.0 Å². The monoisotopic (exact) mass is 715 g/mol. The minimum Gasteiger partial charge on any atom is -0.497 e. The minimum absolute atomic E-state index is 0.0600. The zero-order valence-electron chi connectivity index (χ0n) is 29.8. The quantitative estimate of drug-likeness (QED) is 0.0280. The van der Waals surface area contributed by atoms with Gasteiger partial charge >= 0.3 is 11.7 Å². The fraction of sp³-hybridized carbons (Fsp3) is 0.436. The second kappa shape index (κ2) is 20.2. The minimum atomic E-state index is -2.41. The molecule has 1 heterocycles. The number of Topliss-reactive ketones (excluding diaryl/α,β-unsaturated/α-hetero) is 1. The lowest BCUT2D eigenvalue weighted by Gasteiger charge is -2.29. The van der Waals surface area contributed by atoms with Crippen molar-refractivity contribution in [2.75, 3.05) is 26.1 Å². The maximum atomic E-state index is 14.3. The van der Waals surface area contributed by atoms with Crippen LogP contribution in [0.15, 0.2) is 78.9 Å². The molecule has 3 aromatic carbocycles. The van der Waals surface area contributed by atoms with Crippen LogP contribution in [0.3, 0.4) is 0 Å². The Morgan fingerprint density at radius 1 is 0.745 bits per heavy atom. The molecule has 0 aliphatic carbocycles. The van der Waals surface area contributed by atoms with Gasteiger partial charge in [0.2, 0.25) is 10.6 Å². The van der Waals surface area contributed by atoms with E-state index in [1.807, 2.05) is 6.07 Å². The number of rotatable bonds is 22. The van der Waals surface area contributed by atoms with Gasteiger partial charge in [-0.25, -0.2) is 4.79 Å². The second-order valence-corrected chi connectivity index (χ2v) is 12.8. The van der Waals surface area contributed by atoms with E-state index in [0.29, 0.717) is 18.0 Å². The van der Waals surface area contributed by atoms with Crippen LogP contribution in [0.5, 0.6) is 5.75 Å². The van der Waals surface area contributed by atoms with Crippen molar-refractivity contribution in [3.63, 3.8) is 0 Å². The number of amides is 1. The van der Waals surface area contributed by atoms with Gasteiger partial charge < -0.3 is 19.5 Å². The largest absolute Gasteiger partial charge is 0.497 e. The van der Waals surface area contributed by atoms with Gasteiger partial charge in [-0.1, -0.05) is 102 Å². The average molecular weight is 716 g/mol. The molecule has 1 amide bonds. The summed E-state index contributed by atoms with van der Waals surface area (Å²) in [5, 5.41) is 11.0. The van der Waals surface area contributed by atoms with Crippen molar-refractivity contribution in [2.45, 2.75) is 89.7 Å². The van der Waals surface area contributed by atoms with Gasteiger partial charge in [0.1, 0.15) is 5.75 Å². The van der Waals surface area contributed by atoms with E-state index in [-0.39, 0.29) is 21.6 Å². The summed E-state index contributed by atoms with van der Waals surface area (Å²) in [5.41, 5.74) is -1.21. The summed E-state index contributed by atoms with van der Waals surface area (Å²) in [6.45, 7) is 2.55. The molecule has 1 atom stereocenters. The van der Waals surface area contributed by atoms with Crippen LogP contribution in [0, 0.1) is 4.77 Å². The molecule has 12 heteroatoms. The molecular weight excluding hydrogens is 667 g/mol. The highest BCUT2D eigenvalue weighted by atomic mass is 32.1. The van der Waals surface area contributed by atoms with Gasteiger partial charge in [-0.05, 0) is 83.7 Å². The highest BCUT2D eigenvalue weighted by Crippen LogP contribution is 2.28. The van der Waals surface area contributed by atoms with E-state index in [0.717, 1.165) is 23.9 Å². The van der Waals surface area contributed by atoms with Crippen LogP contribution in [0.25, 0.3) is 5.69 Å². The summed E-state index contributed by atoms with van der Waals surface area (Å²) in [4.78, 5) is 41.4. The third kappa shape index (κ3) is 10.4. The van der Waals surface area contributed by atoms with Gasteiger partial charge in [0.15, 0.2) is 0 Å². The van der Waals surface area contributed by atoms with Crippen LogP contribution in [0.1, 0.15) is 105 Å². The van der Waals surface area contributed by atoms with E-state index in [2.05, 4.69) is 22.7 Å². The Labute approximate surface area is 305 Å². The van der Waals surface area contributed by atoms with Crippen molar-refractivity contribution < 1.29 is 28.6 Å². The molecule has 0 bridgehead atoms. The Hall–Kier alpha value is -4.68. The van der Waals surface area contributed by atoms with E-state index in [9.17, 15) is 14.4 Å². The number of unbranched alkanes of at least 4 members (excludes halogenated alkanes) is 11. The third-order valence-electron chi connectivity index (χ3n) is 8.73. The number of methoxy groups -OCH3 is 2. The van der Waals surface area contributed by atoms with Gasteiger partial charge in [-0.2, -0.15) is 9.36 Å². The number of tetrazole rings is 1. The second-order valence-electron chi connectivity index (χ2n) is 12.4. The third-order valence-corrected chi connectivity index (χ3v) is 9.08. The number of hydrogen-bond acceptors (Lipinski definition) is 9. The fourth-order valence-corrected chi connectivity index (χ4v) is 6.12. The molecule has 0 aliphatic heterocycles. The lowest BCUT2D eigenvalue weighted by molar-refractivity contribution is -0.144. The number of hydrogen-bond donors (Lipinski definition) is 1. The van der Waals surface area contributed by atoms with Crippen LogP contribution < -0.4 is 10.1 Å². The lowest BCUT2D eigenvalue weighted by atomic mass is 9.99. The van der Waals surface area contributed by atoms with Crippen molar-refractivity contribution in [1.29, 1.82) is 0 Å². The van der Waals surface area contributed by atoms with Crippen LogP contribution >= 0.6 is 12.2 Å². The summed E-state index contributed by atoms with van der Waals surface area (Å²) >= 11 is 5.68. The molecule has 0 spiro atoms. The molecule has 0 radical (unpaired) electrons. The first-order valence-corrected chi connectivity index (χ1v) is 18.2. The maximum absolute atomic E-state index is 14.3. The summed E-state index contributed by atoms with van der Waals surface area (Å²) < 4.78 is 18.8. The molecule has 272 valence electrons. The predicted molar refractivity (Wildman–Crippen MR) is 199 cm³/mol. The summed E-state index contributed by atoms with van der Waals surface area (Å²) in [6.07, 6.45) is 14.6. The molecule has 11 nitrogen and oxygen atoms in total. The molecule has 0 saturated carbocycles. The first-order valence-electron chi connectivity index (χ1n) is 17.8. The van der Waals surface area contributed by atoms with Crippen molar-refractivity contribution in [3.05, 3.63) is 94.8 Å². The SMILES string of the molecule is CCCCCCCCCCCCCCOC(=O)c1cccc(NC(=O)C(OC)(C(=O)c2ccc(OC)cc2)n2nnn(-c3ccccc3)c2=S)c1. The summed E-state index contributed by atoms with van der Waals surface area (Å²) in [6, 6.07) is 21.5. The normalized spacial score (nSPS) is 12.2. The smallest absolute Gasteiger partial charge is 0.338 e. The van der Waals surface area contributed by atoms with E-state index in [1.54, 1.807) is 54.6 Å². The highest BCUT2D eigenvalue weighted by molar-refractivity contribution is 7.71. The molecule has 1 N–H and O–H groups in total. The number of ether oxygens (including phenoxy) is 3. The van der Waals surface area contributed by atoms with Crippen molar-refractivity contribution in [1.82, 2.24) is 19.8 Å².